The van der Waals surface area contributed by atoms with E-state index in [2.05, 4.69) is 17.2 Å². The molecule has 1 aromatic rings. The molecule has 0 bridgehead atoms. The Balaban J connectivity index is 2.38. The fourth-order valence-electron chi connectivity index (χ4n) is 2.17. The van der Waals surface area contributed by atoms with Crippen molar-refractivity contribution in [2.24, 2.45) is 5.92 Å². The third-order valence-electron chi connectivity index (χ3n) is 3.42. The minimum atomic E-state index is 0.00814. The second-order valence-corrected chi connectivity index (χ2v) is 5.61. The van der Waals surface area contributed by atoms with E-state index in [9.17, 15) is 4.79 Å². The van der Waals surface area contributed by atoms with E-state index in [0.29, 0.717) is 5.56 Å². The number of hydrogen-bond acceptors (Lipinski definition) is 3. The Hall–Kier alpha value is -1.38. The van der Waals surface area contributed by atoms with Crippen molar-refractivity contribution in [2.45, 2.75) is 59.3 Å². The van der Waals surface area contributed by atoms with Gasteiger partial charge in [-0.1, -0.05) is 52.9 Å². The zero-order chi connectivity index (χ0) is 14.8. The Kier molecular flexibility index (Phi) is 7.93. The third kappa shape index (κ3) is 5.72. The minimum Gasteiger partial charge on any atom is -0.369 e. The summed E-state index contributed by atoms with van der Waals surface area (Å²) in [5.74, 6) is 0.900. The maximum absolute atomic E-state index is 12.1. The summed E-state index contributed by atoms with van der Waals surface area (Å²) in [6, 6.07) is 3.68. The monoisotopic (exact) mass is 276 g/mol. The van der Waals surface area contributed by atoms with Crippen LogP contribution in [0, 0.1) is 5.92 Å². The molecule has 0 fully saturated rings. The summed E-state index contributed by atoms with van der Waals surface area (Å²) < 4.78 is 0. The number of hydrogen-bond donors (Lipinski definition) is 1. The first-order valence-corrected chi connectivity index (χ1v) is 7.90. The Labute approximate surface area is 123 Å². The standard InChI is InChI=1S/C17H28N2O/c1-4-5-6-7-8-9-12-18-17-15(11-10-13-19-17)16(20)14(2)3/h10-11,13-14H,4-9,12H2,1-3H3,(H,18,19). The second-order valence-electron chi connectivity index (χ2n) is 5.61. The largest absolute Gasteiger partial charge is 0.369 e. The lowest BCUT2D eigenvalue weighted by molar-refractivity contribution is 0.0940. The highest BCUT2D eigenvalue weighted by atomic mass is 16.1. The topological polar surface area (TPSA) is 42.0 Å². The molecule has 20 heavy (non-hydrogen) atoms. The van der Waals surface area contributed by atoms with Crippen LogP contribution in [0.25, 0.3) is 0 Å². The van der Waals surface area contributed by atoms with Gasteiger partial charge in [-0.3, -0.25) is 4.79 Å². The summed E-state index contributed by atoms with van der Waals surface area (Å²) in [5, 5.41) is 3.31. The molecule has 0 unspecified atom stereocenters. The zero-order valence-corrected chi connectivity index (χ0v) is 13.1. The van der Waals surface area contributed by atoms with Crippen LogP contribution in [0.2, 0.25) is 0 Å². The molecule has 1 heterocycles. The lowest BCUT2D eigenvalue weighted by Crippen LogP contribution is -2.13. The summed E-state index contributed by atoms with van der Waals surface area (Å²) in [7, 11) is 0. The molecule has 1 aromatic heterocycles. The highest BCUT2D eigenvalue weighted by molar-refractivity contribution is 6.01. The normalized spacial score (nSPS) is 10.8. The van der Waals surface area contributed by atoms with Crippen molar-refractivity contribution in [3.8, 4) is 0 Å². The van der Waals surface area contributed by atoms with E-state index in [1.807, 2.05) is 26.0 Å². The van der Waals surface area contributed by atoms with Gasteiger partial charge in [-0.05, 0) is 18.6 Å². The SMILES string of the molecule is CCCCCCCCNc1ncccc1C(=O)C(C)C. The Bertz CT molecular complexity index is 402. The van der Waals surface area contributed by atoms with Crippen molar-refractivity contribution in [1.29, 1.82) is 0 Å². The molecular formula is C17H28N2O. The molecule has 3 heteroatoms. The Morgan fingerprint density at radius 1 is 1.20 bits per heavy atom. The number of carbonyl (C=O) groups excluding carboxylic acids is 1. The number of Topliss-reactive ketones (excluding diaryl/α,β-unsaturated/α-hetero) is 1. The molecule has 0 aliphatic rings. The van der Waals surface area contributed by atoms with Gasteiger partial charge in [0, 0.05) is 18.7 Å². The van der Waals surface area contributed by atoms with Crippen molar-refractivity contribution in [3.63, 3.8) is 0 Å². The summed E-state index contributed by atoms with van der Waals surface area (Å²) in [4.78, 5) is 16.4. The second kappa shape index (κ2) is 9.51. The number of rotatable bonds is 10. The number of aromatic nitrogens is 1. The molecule has 0 atom stereocenters. The minimum absolute atomic E-state index is 0.00814. The van der Waals surface area contributed by atoms with Gasteiger partial charge in [0.2, 0.25) is 0 Å². The number of ketones is 1. The maximum atomic E-state index is 12.1. The number of nitrogens with zero attached hydrogens (tertiary/aromatic N) is 1. The quantitative estimate of drug-likeness (QED) is 0.498. The van der Waals surface area contributed by atoms with Crippen LogP contribution in [-0.2, 0) is 0 Å². The number of unbranched alkanes of at least 4 members (excludes halogenated alkanes) is 5. The van der Waals surface area contributed by atoms with Gasteiger partial charge >= 0.3 is 0 Å². The van der Waals surface area contributed by atoms with Gasteiger partial charge in [-0.25, -0.2) is 4.98 Å². The predicted octanol–water partition coefficient (Wildman–Crippen LogP) is 4.69. The zero-order valence-electron chi connectivity index (χ0n) is 13.1. The third-order valence-corrected chi connectivity index (χ3v) is 3.42. The summed E-state index contributed by atoms with van der Waals surface area (Å²) >= 11 is 0. The van der Waals surface area contributed by atoms with Gasteiger partial charge in [-0.15, -0.1) is 0 Å². The number of pyridine rings is 1. The van der Waals surface area contributed by atoms with Crippen LogP contribution in [0.3, 0.4) is 0 Å². The Morgan fingerprint density at radius 3 is 2.60 bits per heavy atom. The molecule has 1 rings (SSSR count). The van der Waals surface area contributed by atoms with Crippen molar-refractivity contribution in [2.75, 3.05) is 11.9 Å². The van der Waals surface area contributed by atoms with E-state index in [1.165, 1.54) is 32.1 Å². The molecule has 3 nitrogen and oxygen atoms in total. The molecular weight excluding hydrogens is 248 g/mol. The summed E-state index contributed by atoms with van der Waals surface area (Å²) in [6.07, 6.45) is 9.36. The lowest BCUT2D eigenvalue weighted by Gasteiger charge is -2.11. The lowest BCUT2D eigenvalue weighted by atomic mass is 10.0. The average molecular weight is 276 g/mol. The Morgan fingerprint density at radius 2 is 1.90 bits per heavy atom. The van der Waals surface area contributed by atoms with E-state index in [1.54, 1.807) is 6.20 Å². The van der Waals surface area contributed by atoms with E-state index in [4.69, 9.17) is 0 Å². The van der Waals surface area contributed by atoms with Crippen LogP contribution in [0.15, 0.2) is 18.3 Å². The fourth-order valence-corrected chi connectivity index (χ4v) is 2.17. The molecule has 0 aliphatic carbocycles. The molecule has 0 aliphatic heterocycles. The molecule has 112 valence electrons. The van der Waals surface area contributed by atoms with E-state index in [0.717, 1.165) is 18.8 Å². The molecule has 1 N–H and O–H groups in total. The van der Waals surface area contributed by atoms with Gasteiger partial charge < -0.3 is 5.32 Å². The van der Waals surface area contributed by atoms with Crippen LogP contribution in [-0.4, -0.2) is 17.3 Å². The van der Waals surface area contributed by atoms with Gasteiger partial charge in [-0.2, -0.15) is 0 Å². The van der Waals surface area contributed by atoms with Crippen LogP contribution in [0.4, 0.5) is 5.82 Å². The van der Waals surface area contributed by atoms with Gasteiger partial charge in [0.05, 0.1) is 5.56 Å². The number of carbonyl (C=O) groups is 1. The smallest absolute Gasteiger partial charge is 0.169 e. The average Bonchev–Trinajstić information content (AvgIpc) is 2.46. The van der Waals surface area contributed by atoms with Gasteiger partial charge in [0.1, 0.15) is 5.82 Å². The molecule has 0 radical (unpaired) electrons. The summed E-state index contributed by atoms with van der Waals surface area (Å²) in [5.41, 5.74) is 0.716. The van der Waals surface area contributed by atoms with Crippen molar-refractivity contribution in [1.82, 2.24) is 4.98 Å². The van der Waals surface area contributed by atoms with Crippen LogP contribution in [0.1, 0.15) is 69.7 Å². The fraction of sp³-hybridized carbons (Fsp3) is 0.647. The number of nitrogens with one attached hydrogen (secondary N) is 1. The molecule has 0 saturated carbocycles. The van der Waals surface area contributed by atoms with Gasteiger partial charge in [0.25, 0.3) is 0 Å². The van der Waals surface area contributed by atoms with Crippen LogP contribution < -0.4 is 5.32 Å². The molecule has 0 saturated heterocycles. The first-order chi connectivity index (χ1) is 9.66. The van der Waals surface area contributed by atoms with E-state index >= 15 is 0 Å². The van der Waals surface area contributed by atoms with E-state index in [-0.39, 0.29) is 11.7 Å². The highest BCUT2D eigenvalue weighted by Gasteiger charge is 2.14. The molecule has 0 spiro atoms. The van der Waals surface area contributed by atoms with Crippen LogP contribution in [0.5, 0.6) is 0 Å². The molecule has 0 aromatic carbocycles. The van der Waals surface area contributed by atoms with Crippen molar-refractivity contribution >= 4 is 11.6 Å². The number of anilines is 1. The van der Waals surface area contributed by atoms with Crippen molar-refractivity contribution in [3.05, 3.63) is 23.9 Å². The first-order valence-electron chi connectivity index (χ1n) is 7.90. The van der Waals surface area contributed by atoms with Crippen molar-refractivity contribution < 1.29 is 4.79 Å². The summed E-state index contributed by atoms with van der Waals surface area (Å²) in [6.45, 7) is 6.97. The van der Waals surface area contributed by atoms with Gasteiger partial charge in [0.15, 0.2) is 5.78 Å². The predicted molar refractivity (Wildman–Crippen MR) is 85.3 cm³/mol. The molecule has 0 amide bonds. The maximum Gasteiger partial charge on any atom is 0.169 e. The highest BCUT2D eigenvalue weighted by Crippen LogP contribution is 2.16. The first kappa shape index (κ1) is 16.7. The van der Waals surface area contributed by atoms with E-state index < -0.39 is 0 Å². The van der Waals surface area contributed by atoms with Crippen LogP contribution >= 0.6 is 0 Å².